The first kappa shape index (κ1) is 14.2. The Morgan fingerprint density at radius 1 is 0.920 bits per heavy atom. The Morgan fingerprint density at radius 2 is 1.76 bits per heavy atom. The molecule has 4 aromatic rings. The number of anilines is 1. The number of aryl methyl sites for hydroxylation is 1. The van der Waals surface area contributed by atoms with Gasteiger partial charge in [0.05, 0.1) is 11.4 Å². The van der Waals surface area contributed by atoms with E-state index in [1.54, 1.807) is 0 Å². The Balaban J connectivity index is 1.47. The Morgan fingerprint density at radius 3 is 2.68 bits per heavy atom. The highest BCUT2D eigenvalue weighted by molar-refractivity contribution is 5.90. The molecule has 1 atom stereocenters. The largest absolute Gasteiger partial charge is 0.363 e. The van der Waals surface area contributed by atoms with Crippen LogP contribution in [0.2, 0.25) is 0 Å². The third-order valence-corrected chi connectivity index (χ3v) is 4.84. The van der Waals surface area contributed by atoms with Gasteiger partial charge in [0.2, 0.25) is 0 Å². The summed E-state index contributed by atoms with van der Waals surface area (Å²) in [6.45, 7) is 0. The number of benzene rings is 2. The average Bonchev–Trinajstić information content (AvgIpc) is 3.27. The smallest absolute Gasteiger partial charge is 0.260 e. The normalized spacial score (nSPS) is 16.1. The van der Waals surface area contributed by atoms with Crippen LogP contribution < -0.4 is 5.32 Å². The number of rotatable bonds is 3. The molecule has 0 radical (unpaired) electrons. The van der Waals surface area contributed by atoms with Crippen molar-refractivity contribution in [2.24, 2.45) is 0 Å². The molecule has 0 spiro atoms. The van der Waals surface area contributed by atoms with Crippen molar-refractivity contribution in [1.82, 2.24) is 10.1 Å². The van der Waals surface area contributed by atoms with Crippen molar-refractivity contribution < 1.29 is 4.52 Å². The topological polar surface area (TPSA) is 51.0 Å². The SMILES string of the molecule is c1ccc(-c2noc3nc(NC4CCc5ccccc54)ccc23)cc1. The van der Waals surface area contributed by atoms with E-state index in [0.717, 1.165) is 35.3 Å². The summed E-state index contributed by atoms with van der Waals surface area (Å²) in [4.78, 5) is 4.62. The van der Waals surface area contributed by atoms with E-state index in [1.807, 2.05) is 42.5 Å². The summed E-state index contributed by atoms with van der Waals surface area (Å²) in [7, 11) is 0. The van der Waals surface area contributed by atoms with Crippen molar-refractivity contribution in [3.05, 3.63) is 77.9 Å². The predicted molar refractivity (Wildman–Crippen MR) is 98.4 cm³/mol. The number of fused-ring (bicyclic) bond motifs is 2. The molecule has 4 heteroatoms. The molecule has 0 fully saturated rings. The lowest BCUT2D eigenvalue weighted by Crippen LogP contribution is -2.08. The minimum atomic E-state index is 0.303. The molecule has 0 saturated carbocycles. The molecule has 0 bridgehead atoms. The van der Waals surface area contributed by atoms with Crippen molar-refractivity contribution in [3.63, 3.8) is 0 Å². The number of hydrogen-bond acceptors (Lipinski definition) is 4. The van der Waals surface area contributed by atoms with Gasteiger partial charge in [-0.15, -0.1) is 0 Å². The summed E-state index contributed by atoms with van der Waals surface area (Å²) >= 11 is 0. The second-order valence-corrected chi connectivity index (χ2v) is 6.38. The van der Waals surface area contributed by atoms with Crippen LogP contribution in [0.1, 0.15) is 23.6 Å². The monoisotopic (exact) mass is 327 g/mol. The molecule has 2 aromatic carbocycles. The van der Waals surface area contributed by atoms with Crippen molar-refractivity contribution in [2.75, 3.05) is 5.32 Å². The highest BCUT2D eigenvalue weighted by Gasteiger charge is 2.22. The fraction of sp³-hybridized carbons (Fsp3) is 0.143. The van der Waals surface area contributed by atoms with Gasteiger partial charge in [0, 0.05) is 5.56 Å². The summed E-state index contributed by atoms with van der Waals surface area (Å²) in [6.07, 6.45) is 2.20. The number of nitrogens with zero attached hydrogens (tertiary/aromatic N) is 2. The molecular formula is C21H17N3O. The van der Waals surface area contributed by atoms with Crippen LogP contribution in [-0.4, -0.2) is 10.1 Å². The van der Waals surface area contributed by atoms with E-state index >= 15 is 0 Å². The zero-order chi connectivity index (χ0) is 16.6. The van der Waals surface area contributed by atoms with Crippen LogP contribution in [0.3, 0.4) is 0 Å². The van der Waals surface area contributed by atoms with Gasteiger partial charge in [0.15, 0.2) is 0 Å². The third-order valence-electron chi connectivity index (χ3n) is 4.84. The maximum Gasteiger partial charge on any atom is 0.260 e. The van der Waals surface area contributed by atoms with Crippen molar-refractivity contribution in [3.8, 4) is 11.3 Å². The lowest BCUT2D eigenvalue weighted by molar-refractivity contribution is 0.452. The summed E-state index contributed by atoms with van der Waals surface area (Å²) in [5, 5.41) is 8.68. The zero-order valence-corrected chi connectivity index (χ0v) is 13.6. The van der Waals surface area contributed by atoms with Crippen LogP contribution in [0.25, 0.3) is 22.4 Å². The van der Waals surface area contributed by atoms with Crippen LogP contribution in [0.5, 0.6) is 0 Å². The summed E-state index contributed by atoms with van der Waals surface area (Å²) < 4.78 is 5.48. The predicted octanol–water partition coefficient (Wildman–Crippen LogP) is 4.99. The molecule has 2 aromatic heterocycles. The van der Waals surface area contributed by atoms with E-state index in [-0.39, 0.29) is 0 Å². The summed E-state index contributed by atoms with van der Waals surface area (Å²) in [5.74, 6) is 0.824. The molecule has 1 N–H and O–H groups in total. The lowest BCUT2D eigenvalue weighted by atomic mass is 10.1. The first-order chi connectivity index (χ1) is 12.4. The molecule has 0 amide bonds. The van der Waals surface area contributed by atoms with Crippen molar-refractivity contribution >= 4 is 16.9 Å². The number of pyridine rings is 1. The van der Waals surface area contributed by atoms with Gasteiger partial charge in [-0.2, -0.15) is 4.98 Å². The lowest BCUT2D eigenvalue weighted by Gasteiger charge is -2.14. The van der Waals surface area contributed by atoms with Gasteiger partial charge in [-0.05, 0) is 36.1 Å². The standard InChI is InChI=1S/C21H17N3O/c1-2-7-15(8-3-1)20-17-11-13-19(23-21(17)25-24-20)22-18-12-10-14-6-4-5-9-16(14)18/h1-9,11,13,18H,10,12H2,(H,22,23). The molecule has 25 heavy (non-hydrogen) atoms. The highest BCUT2D eigenvalue weighted by Crippen LogP contribution is 2.34. The summed E-state index contributed by atoms with van der Waals surface area (Å²) in [6, 6.07) is 23.0. The second kappa shape index (κ2) is 5.74. The van der Waals surface area contributed by atoms with E-state index in [2.05, 4.69) is 39.7 Å². The average molecular weight is 327 g/mol. The van der Waals surface area contributed by atoms with Crippen LogP contribution in [0, 0.1) is 0 Å². The number of aromatic nitrogens is 2. The molecule has 4 nitrogen and oxygen atoms in total. The first-order valence-corrected chi connectivity index (χ1v) is 8.55. The first-order valence-electron chi connectivity index (χ1n) is 8.55. The van der Waals surface area contributed by atoms with Crippen molar-refractivity contribution in [2.45, 2.75) is 18.9 Å². The molecule has 0 aliphatic heterocycles. The molecule has 1 aliphatic rings. The fourth-order valence-corrected chi connectivity index (χ4v) is 3.60. The highest BCUT2D eigenvalue weighted by atomic mass is 16.5. The molecule has 122 valence electrons. The molecule has 5 rings (SSSR count). The van der Waals surface area contributed by atoms with Gasteiger partial charge in [0.25, 0.3) is 5.71 Å². The molecule has 1 aliphatic carbocycles. The van der Waals surface area contributed by atoms with Gasteiger partial charge in [-0.3, -0.25) is 0 Å². The Labute approximate surface area is 145 Å². The van der Waals surface area contributed by atoms with Gasteiger partial charge in [-0.25, -0.2) is 0 Å². The zero-order valence-electron chi connectivity index (χ0n) is 13.6. The second-order valence-electron chi connectivity index (χ2n) is 6.38. The Bertz CT molecular complexity index is 1040. The maximum atomic E-state index is 5.48. The van der Waals surface area contributed by atoms with E-state index < -0.39 is 0 Å². The number of hydrogen-bond donors (Lipinski definition) is 1. The molecule has 0 saturated heterocycles. The van der Waals surface area contributed by atoms with Gasteiger partial charge >= 0.3 is 0 Å². The number of nitrogens with one attached hydrogen (secondary N) is 1. The molecular weight excluding hydrogens is 310 g/mol. The van der Waals surface area contributed by atoms with E-state index in [4.69, 9.17) is 4.52 Å². The van der Waals surface area contributed by atoms with Gasteiger partial charge in [-0.1, -0.05) is 59.8 Å². The van der Waals surface area contributed by atoms with E-state index in [1.165, 1.54) is 11.1 Å². The van der Waals surface area contributed by atoms with Gasteiger partial charge < -0.3 is 9.84 Å². The minimum Gasteiger partial charge on any atom is -0.363 e. The fourth-order valence-electron chi connectivity index (χ4n) is 3.60. The van der Waals surface area contributed by atoms with Crippen molar-refractivity contribution in [1.29, 1.82) is 0 Å². The van der Waals surface area contributed by atoms with Crippen LogP contribution in [-0.2, 0) is 6.42 Å². The van der Waals surface area contributed by atoms with Gasteiger partial charge in [0.1, 0.15) is 11.5 Å². The Kier molecular flexibility index (Phi) is 3.27. The maximum absolute atomic E-state index is 5.48. The van der Waals surface area contributed by atoms with Crippen LogP contribution >= 0.6 is 0 Å². The quantitative estimate of drug-likeness (QED) is 0.576. The Hall–Kier alpha value is -3.14. The molecule has 2 heterocycles. The van der Waals surface area contributed by atoms with Crippen LogP contribution in [0.15, 0.2) is 71.3 Å². The van der Waals surface area contributed by atoms with Crippen LogP contribution in [0.4, 0.5) is 5.82 Å². The van der Waals surface area contributed by atoms with E-state index in [0.29, 0.717) is 11.8 Å². The minimum absolute atomic E-state index is 0.303. The summed E-state index contributed by atoms with van der Waals surface area (Å²) in [5.41, 5.74) is 5.23. The molecule has 1 unspecified atom stereocenters. The van der Waals surface area contributed by atoms with E-state index in [9.17, 15) is 0 Å². The third kappa shape index (κ3) is 2.47.